The molecule has 138 valence electrons. The molecule has 0 aliphatic rings. The number of pyridine rings is 1. The number of halogens is 1. The first-order chi connectivity index (χ1) is 13.0. The zero-order valence-electron chi connectivity index (χ0n) is 14.6. The fourth-order valence-corrected chi connectivity index (χ4v) is 2.77. The van der Waals surface area contributed by atoms with Gasteiger partial charge in [-0.2, -0.15) is 0 Å². The van der Waals surface area contributed by atoms with Gasteiger partial charge in [0, 0.05) is 17.1 Å². The maximum absolute atomic E-state index is 14.1. The maximum atomic E-state index is 14.1. The van der Waals surface area contributed by atoms with Gasteiger partial charge in [0.25, 0.3) is 5.91 Å². The number of aromatic nitrogens is 1. The highest BCUT2D eigenvalue weighted by atomic mass is 19.1. The number of hydrogen-bond acceptors (Lipinski definition) is 4. The highest BCUT2D eigenvalue weighted by Gasteiger charge is 2.17. The molecule has 3 aromatic rings. The van der Waals surface area contributed by atoms with Crippen molar-refractivity contribution in [2.24, 2.45) is 0 Å². The topological polar surface area (TPSA) is 77.4 Å². The molecule has 3 rings (SSSR count). The molecule has 27 heavy (non-hydrogen) atoms. The molecule has 0 saturated heterocycles. The van der Waals surface area contributed by atoms with Gasteiger partial charge in [-0.25, -0.2) is 4.39 Å². The predicted molar refractivity (Wildman–Crippen MR) is 98.1 cm³/mol. The summed E-state index contributed by atoms with van der Waals surface area (Å²) in [5, 5.41) is 2.69. The zero-order valence-corrected chi connectivity index (χ0v) is 14.6. The fraction of sp³-hybridized carbons (Fsp3) is 0.150. The summed E-state index contributed by atoms with van der Waals surface area (Å²) in [6.07, 6.45) is 1.38. The van der Waals surface area contributed by atoms with Crippen LogP contribution in [0.4, 0.5) is 4.39 Å². The average molecular weight is 368 g/mol. The van der Waals surface area contributed by atoms with Gasteiger partial charge in [-0.1, -0.05) is 30.3 Å². The lowest BCUT2D eigenvalue weighted by Gasteiger charge is -2.14. The van der Waals surface area contributed by atoms with Crippen LogP contribution >= 0.6 is 0 Å². The van der Waals surface area contributed by atoms with Crippen molar-refractivity contribution >= 4 is 22.8 Å². The first kappa shape index (κ1) is 18.3. The Bertz CT molecular complexity index is 1080. The normalized spacial score (nSPS) is 10.6. The SMILES string of the molecule is COC(=O)CNC(=O)c1cn(Cc2ccccc2F)c2ccccc2c1=O. The molecule has 0 fully saturated rings. The van der Waals surface area contributed by atoms with Gasteiger partial charge in [-0.05, 0) is 18.2 Å². The van der Waals surface area contributed by atoms with E-state index < -0.39 is 17.3 Å². The number of nitrogens with zero attached hydrogens (tertiary/aromatic N) is 1. The second-order valence-electron chi connectivity index (χ2n) is 5.87. The van der Waals surface area contributed by atoms with Crippen LogP contribution in [0.15, 0.2) is 59.5 Å². The molecule has 0 unspecified atom stereocenters. The first-order valence-corrected chi connectivity index (χ1v) is 8.22. The highest BCUT2D eigenvalue weighted by molar-refractivity contribution is 5.98. The molecule has 6 nitrogen and oxygen atoms in total. The molecule has 1 amide bonds. The van der Waals surface area contributed by atoms with E-state index in [-0.39, 0.29) is 24.5 Å². The summed E-state index contributed by atoms with van der Waals surface area (Å²) in [6.45, 7) is -0.209. The minimum absolute atomic E-state index is 0.131. The van der Waals surface area contributed by atoms with E-state index >= 15 is 0 Å². The van der Waals surface area contributed by atoms with Crippen molar-refractivity contribution < 1.29 is 18.7 Å². The zero-order chi connectivity index (χ0) is 19.4. The molecule has 0 saturated carbocycles. The molecule has 1 heterocycles. The van der Waals surface area contributed by atoms with Crippen LogP contribution in [-0.4, -0.2) is 30.1 Å². The first-order valence-electron chi connectivity index (χ1n) is 8.22. The smallest absolute Gasteiger partial charge is 0.325 e. The van der Waals surface area contributed by atoms with Crippen LogP contribution in [0.5, 0.6) is 0 Å². The Morgan fingerprint density at radius 1 is 1.11 bits per heavy atom. The van der Waals surface area contributed by atoms with Crippen molar-refractivity contribution in [3.63, 3.8) is 0 Å². The van der Waals surface area contributed by atoms with E-state index in [1.54, 1.807) is 47.0 Å². The maximum Gasteiger partial charge on any atom is 0.325 e. The Morgan fingerprint density at radius 2 is 1.81 bits per heavy atom. The third kappa shape index (κ3) is 3.87. The van der Waals surface area contributed by atoms with Gasteiger partial charge in [-0.3, -0.25) is 14.4 Å². The lowest BCUT2D eigenvalue weighted by atomic mass is 10.1. The van der Waals surface area contributed by atoms with E-state index in [0.29, 0.717) is 16.5 Å². The van der Waals surface area contributed by atoms with Gasteiger partial charge in [0.2, 0.25) is 5.43 Å². The number of carbonyl (C=O) groups is 2. The Morgan fingerprint density at radius 3 is 2.56 bits per heavy atom. The number of nitrogens with one attached hydrogen (secondary N) is 1. The molecule has 0 aliphatic heterocycles. The molecule has 0 spiro atoms. The summed E-state index contributed by atoms with van der Waals surface area (Å²) in [5.41, 5.74) is 0.411. The van der Waals surface area contributed by atoms with Crippen LogP contribution in [0.1, 0.15) is 15.9 Å². The second kappa shape index (κ2) is 7.82. The van der Waals surface area contributed by atoms with Gasteiger partial charge >= 0.3 is 5.97 Å². The van der Waals surface area contributed by atoms with E-state index in [0.717, 1.165) is 0 Å². The summed E-state index contributed by atoms with van der Waals surface area (Å²) in [6, 6.07) is 13.1. The Hall–Kier alpha value is -3.48. The van der Waals surface area contributed by atoms with Crippen molar-refractivity contribution in [3.05, 3.63) is 81.9 Å². The van der Waals surface area contributed by atoms with Crippen LogP contribution in [0.25, 0.3) is 10.9 Å². The largest absolute Gasteiger partial charge is 0.468 e. The van der Waals surface area contributed by atoms with Gasteiger partial charge in [0.15, 0.2) is 0 Å². The number of hydrogen-bond donors (Lipinski definition) is 1. The molecular formula is C20H17FN2O4. The van der Waals surface area contributed by atoms with Crippen LogP contribution in [0.3, 0.4) is 0 Å². The molecular weight excluding hydrogens is 351 g/mol. The molecule has 2 aromatic carbocycles. The standard InChI is InChI=1S/C20H17FN2O4/c1-27-18(24)10-22-20(26)15-12-23(11-13-6-2-4-8-16(13)21)17-9-5-3-7-14(17)19(15)25/h2-9,12H,10-11H2,1H3,(H,22,26). The van der Waals surface area contributed by atoms with Crippen molar-refractivity contribution in [1.82, 2.24) is 9.88 Å². The van der Waals surface area contributed by atoms with Crippen molar-refractivity contribution in [2.75, 3.05) is 13.7 Å². The number of benzene rings is 2. The average Bonchev–Trinajstić information content (AvgIpc) is 2.69. The third-order valence-electron chi connectivity index (χ3n) is 4.15. The van der Waals surface area contributed by atoms with Crippen LogP contribution in [0, 0.1) is 5.82 Å². The van der Waals surface area contributed by atoms with E-state index in [9.17, 15) is 18.8 Å². The highest BCUT2D eigenvalue weighted by Crippen LogP contribution is 2.16. The number of rotatable bonds is 5. The van der Waals surface area contributed by atoms with E-state index in [2.05, 4.69) is 10.1 Å². The Kier molecular flexibility index (Phi) is 5.30. The number of amides is 1. The summed E-state index contributed by atoms with van der Waals surface area (Å²) in [4.78, 5) is 36.3. The molecule has 1 aromatic heterocycles. The van der Waals surface area contributed by atoms with E-state index in [1.165, 1.54) is 19.4 Å². The van der Waals surface area contributed by atoms with Gasteiger partial charge in [0.1, 0.15) is 17.9 Å². The van der Waals surface area contributed by atoms with Gasteiger partial charge in [0.05, 0.1) is 19.2 Å². The summed E-state index contributed by atoms with van der Waals surface area (Å²) in [5.74, 6) is -1.70. The van der Waals surface area contributed by atoms with Crippen LogP contribution in [-0.2, 0) is 16.1 Å². The summed E-state index contributed by atoms with van der Waals surface area (Å²) < 4.78 is 20.2. The van der Waals surface area contributed by atoms with Crippen LogP contribution < -0.4 is 10.7 Å². The molecule has 1 N–H and O–H groups in total. The predicted octanol–water partition coefficient (Wildman–Crippen LogP) is 2.09. The van der Waals surface area contributed by atoms with Crippen molar-refractivity contribution in [1.29, 1.82) is 0 Å². The number of carbonyl (C=O) groups excluding carboxylic acids is 2. The van der Waals surface area contributed by atoms with E-state index in [1.807, 2.05) is 0 Å². The lowest BCUT2D eigenvalue weighted by Crippen LogP contribution is -2.34. The fourth-order valence-electron chi connectivity index (χ4n) is 2.77. The molecule has 0 radical (unpaired) electrons. The van der Waals surface area contributed by atoms with Gasteiger partial charge in [-0.15, -0.1) is 0 Å². The van der Waals surface area contributed by atoms with Crippen LogP contribution in [0.2, 0.25) is 0 Å². The molecule has 0 aliphatic carbocycles. The van der Waals surface area contributed by atoms with Gasteiger partial charge < -0.3 is 14.6 Å². The summed E-state index contributed by atoms with van der Waals surface area (Å²) in [7, 11) is 1.20. The van der Waals surface area contributed by atoms with Crippen molar-refractivity contribution in [2.45, 2.75) is 6.54 Å². The third-order valence-corrected chi connectivity index (χ3v) is 4.15. The number of fused-ring (bicyclic) bond motifs is 1. The minimum atomic E-state index is -0.696. The molecule has 7 heteroatoms. The Labute approximate surface area is 154 Å². The summed E-state index contributed by atoms with van der Waals surface area (Å²) >= 11 is 0. The Balaban J connectivity index is 2.06. The van der Waals surface area contributed by atoms with Crippen molar-refractivity contribution in [3.8, 4) is 0 Å². The lowest BCUT2D eigenvalue weighted by molar-refractivity contribution is -0.139. The minimum Gasteiger partial charge on any atom is -0.468 e. The number of ether oxygens (including phenoxy) is 1. The second-order valence-corrected chi connectivity index (χ2v) is 5.87. The molecule has 0 bridgehead atoms. The number of esters is 1. The number of methoxy groups -OCH3 is 1. The quantitative estimate of drug-likeness (QED) is 0.700. The van der Waals surface area contributed by atoms with E-state index in [4.69, 9.17) is 0 Å². The monoisotopic (exact) mass is 368 g/mol. The number of para-hydroxylation sites is 1. The molecule has 0 atom stereocenters.